The molecule has 0 radical (unpaired) electrons. The van der Waals surface area contributed by atoms with Gasteiger partial charge in [0, 0.05) is 12.8 Å². The number of ether oxygens (including phenoxy) is 1. The fraction of sp³-hybridized carbons (Fsp3) is 0.174. The minimum atomic E-state index is -4.03. The summed E-state index contributed by atoms with van der Waals surface area (Å²) < 4.78 is 32.9. The number of hydrogen-bond acceptors (Lipinski definition) is 4. The highest BCUT2D eigenvalue weighted by Crippen LogP contribution is 2.30. The molecule has 0 heterocycles. The number of carbonyl (C=O) groups excluding carboxylic acids is 1. The van der Waals surface area contributed by atoms with Gasteiger partial charge in [0.25, 0.3) is 10.0 Å². The fourth-order valence-corrected chi connectivity index (χ4v) is 4.76. The van der Waals surface area contributed by atoms with Crippen molar-refractivity contribution in [2.45, 2.75) is 18.4 Å². The maximum Gasteiger partial charge on any atom is 0.264 e. The first kappa shape index (κ1) is 22.8. The Morgan fingerprint density at radius 3 is 2.42 bits per heavy atom. The first-order valence-corrected chi connectivity index (χ1v) is 11.3. The van der Waals surface area contributed by atoms with Crippen LogP contribution in [0.3, 0.4) is 0 Å². The number of carbonyl (C=O) groups is 1. The molecule has 0 saturated heterocycles. The van der Waals surface area contributed by atoms with Crippen molar-refractivity contribution in [3.8, 4) is 0 Å². The van der Waals surface area contributed by atoms with Crippen LogP contribution in [-0.2, 0) is 26.2 Å². The lowest BCUT2D eigenvalue weighted by Crippen LogP contribution is -2.38. The van der Waals surface area contributed by atoms with Gasteiger partial charge in [0.05, 0.1) is 22.2 Å². The number of para-hydroxylation sites is 1. The molecule has 0 aliphatic rings. The molecule has 0 unspecified atom stereocenters. The van der Waals surface area contributed by atoms with Crippen LogP contribution in [-0.4, -0.2) is 28.0 Å². The number of benzene rings is 3. The molecular weight excluding hydrogens is 436 g/mol. The Bertz CT molecular complexity index is 1160. The zero-order valence-corrected chi connectivity index (χ0v) is 18.8. The Hall–Kier alpha value is -2.87. The molecule has 0 aliphatic carbocycles. The summed E-state index contributed by atoms with van der Waals surface area (Å²) in [6, 6.07) is 20.1. The van der Waals surface area contributed by atoms with E-state index in [4.69, 9.17) is 16.3 Å². The quantitative estimate of drug-likeness (QED) is 0.534. The molecule has 0 atom stereocenters. The predicted molar refractivity (Wildman–Crippen MR) is 123 cm³/mol. The summed E-state index contributed by atoms with van der Waals surface area (Å²) in [4.78, 5) is 12.9. The van der Waals surface area contributed by atoms with Gasteiger partial charge in [-0.1, -0.05) is 53.6 Å². The molecule has 162 valence electrons. The lowest BCUT2D eigenvalue weighted by atomic mass is 10.2. The third-order valence-electron chi connectivity index (χ3n) is 4.54. The van der Waals surface area contributed by atoms with Crippen molar-refractivity contribution in [1.29, 1.82) is 0 Å². The lowest BCUT2D eigenvalue weighted by Gasteiger charge is -2.25. The molecule has 3 aromatic rings. The Morgan fingerprint density at radius 2 is 1.74 bits per heavy atom. The molecule has 3 aromatic carbocycles. The highest BCUT2D eigenvalue weighted by atomic mass is 35.5. The van der Waals surface area contributed by atoms with Crippen molar-refractivity contribution in [1.82, 2.24) is 0 Å². The van der Waals surface area contributed by atoms with Crippen LogP contribution in [0.5, 0.6) is 0 Å². The number of sulfonamides is 1. The lowest BCUT2D eigenvalue weighted by molar-refractivity contribution is -0.114. The fourth-order valence-electron chi connectivity index (χ4n) is 3.03. The molecule has 1 amide bonds. The van der Waals surface area contributed by atoms with Crippen LogP contribution in [0.15, 0.2) is 77.7 Å². The van der Waals surface area contributed by atoms with Crippen molar-refractivity contribution in [3.63, 3.8) is 0 Å². The summed E-state index contributed by atoms with van der Waals surface area (Å²) in [6.45, 7) is 1.83. The van der Waals surface area contributed by atoms with E-state index in [0.29, 0.717) is 12.3 Å². The Balaban J connectivity index is 1.92. The molecule has 6 nitrogen and oxygen atoms in total. The van der Waals surface area contributed by atoms with Gasteiger partial charge in [-0.2, -0.15) is 0 Å². The second-order valence-corrected chi connectivity index (χ2v) is 9.23. The van der Waals surface area contributed by atoms with E-state index in [-0.39, 0.29) is 15.6 Å². The van der Waals surface area contributed by atoms with Crippen molar-refractivity contribution in [2.75, 3.05) is 23.3 Å². The van der Waals surface area contributed by atoms with Crippen LogP contribution in [0.2, 0.25) is 5.02 Å². The van der Waals surface area contributed by atoms with Crippen molar-refractivity contribution >= 4 is 38.9 Å². The number of nitrogens with one attached hydrogen (secondary N) is 1. The second-order valence-electron chi connectivity index (χ2n) is 6.96. The van der Waals surface area contributed by atoms with Crippen LogP contribution < -0.4 is 9.62 Å². The smallest absolute Gasteiger partial charge is 0.264 e. The number of nitrogens with zero attached hydrogens (tertiary/aromatic N) is 1. The average molecular weight is 459 g/mol. The number of aryl methyl sites for hydroxylation is 1. The van der Waals surface area contributed by atoms with Gasteiger partial charge in [-0.05, 0) is 48.9 Å². The van der Waals surface area contributed by atoms with Crippen LogP contribution >= 0.6 is 11.6 Å². The summed E-state index contributed by atoms with van der Waals surface area (Å²) in [5, 5.41) is 2.98. The zero-order valence-electron chi connectivity index (χ0n) is 17.2. The van der Waals surface area contributed by atoms with Crippen LogP contribution in [0.4, 0.5) is 11.4 Å². The molecule has 0 fully saturated rings. The number of anilines is 2. The first-order chi connectivity index (χ1) is 14.8. The Labute approximate surface area is 187 Å². The average Bonchev–Trinajstić information content (AvgIpc) is 2.73. The molecule has 3 rings (SSSR count). The zero-order chi connectivity index (χ0) is 22.4. The Morgan fingerprint density at radius 1 is 1.03 bits per heavy atom. The first-order valence-electron chi connectivity index (χ1n) is 9.53. The molecule has 0 bridgehead atoms. The van der Waals surface area contributed by atoms with Gasteiger partial charge in [-0.15, -0.1) is 0 Å². The Kier molecular flexibility index (Phi) is 7.33. The molecule has 1 N–H and O–H groups in total. The van der Waals surface area contributed by atoms with E-state index >= 15 is 0 Å². The number of hydrogen-bond donors (Lipinski definition) is 1. The van der Waals surface area contributed by atoms with E-state index < -0.39 is 22.5 Å². The number of methoxy groups -OCH3 is 1. The molecule has 0 aliphatic heterocycles. The highest BCUT2D eigenvalue weighted by Gasteiger charge is 2.28. The summed E-state index contributed by atoms with van der Waals surface area (Å²) in [7, 11) is -2.44. The largest absolute Gasteiger partial charge is 0.380 e. The van der Waals surface area contributed by atoms with Crippen LogP contribution in [0.1, 0.15) is 11.1 Å². The minimum absolute atomic E-state index is 0.0768. The molecule has 0 spiro atoms. The third kappa shape index (κ3) is 5.64. The van der Waals surface area contributed by atoms with Gasteiger partial charge in [0.15, 0.2) is 0 Å². The number of amides is 1. The minimum Gasteiger partial charge on any atom is -0.380 e. The summed E-state index contributed by atoms with van der Waals surface area (Å²) >= 11 is 6.29. The summed E-state index contributed by atoms with van der Waals surface area (Å²) in [5.74, 6) is -0.495. The predicted octanol–water partition coefficient (Wildman–Crippen LogP) is 4.63. The molecule has 31 heavy (non-hydrogen) atoms. The van der Waals surface area contributed by atoms with Gasteiger partial charge in [0.1, 0.15) is 6.54 Å². The topological polar surface area (TPSA) is 75.7 Å². The monoisotopic (exact) mass is 458 g/mol. The van der Waals surface area contributed by atoms with E-state index in [1.807, 2.05) is 13.0 Å². The third-order valence-corrected chi connectivity index (χ3v) is 6.63. The van der Waals surface area contributed by atoms with Crippen molar-refractivity contribution in [2.24, 2.45) is 0 Å². The van der Waals surface area contributed by atoms with Gasteiger partial charge in [-0.25, -0.2) is 8.42 Å². The normalized spacial score (nSPS) is 11.2. The standard InChI is InChI=1S/C23H23ClN2O4S/c1-17-10-12-20(13-11-17)31(28,29)26(22-9-4-3-8-21(22)24)15-23(27)25-19-7-5-6-18(14-19)16-30-2/h3-14H,15-16H2,1-2H3,(H,25,27). The van der Waals surface area contributed by atoms with Gasteiger partial charge < -0.3 is 10.1 Å². The maximum atomic E-state index is 13.4. The second kappa shape index (κ2) is 9.96. The molecule has 0 aromatic heterocycles. The van der Waals surface area contributed by atoms with E-state index in [1.54, 1.807) is 61.7 Å². The van der Waals surface area contributed by atoms with E-state index in [0.717, 1.165) is 15.4 Å². The maximum absolute atomic E-state index is 13.4. The van der Waals surface area contributed by atoms with Gasteiger partial charge in [0.2, 0.25) is 5.91 Å². The summed E-state index contributed by atoms with van der Waals surface area (Å²) in [5.41, 5.74) is 2.59. The van der Waals surface area contributed by atoms with Gasteiger partial charge in [-0.3, -0.25) is 9.10 Å². The van der Waals surface area contributed by atoms with Crippen LogP contribution in [0.25, 0.3) is 0 Å². The summed E-state index contributed by atoms with van der Waals surface area (Å²) in [6.07, 6.45) is 0. The number of rotatable bonds is 8. The van der Waals surface area contributed by atoms with Crippen molar-refractivity contribution < 1.29 is 17.9 Å². The van der Waals surface area contributed by atoms with E-state index in [9.17, 15) is 13.2 Å². The number of halogens is 1. The van der Waals surface area contributed by atoms with Gasteiger partial charge >= 0.3 is 0 Å². The molecular formula is C23H23ClN2O4S. The molecule has 0 saturated carbocycles. The van der Waals surface area contributed by atoms with Crippen LogP contribution in [0, 0.1) is 6.92 Å². The highest BCUT2D eigenvalue weighted by molar-refractivity contribution is 7.92. The van der Waals surface area contributed by atoms with E-state index in [1.165, 1.54) is 12.1 Å². The molecule has 8 heteroatoms. The van der Waals surface area contributed by atoms with E-state index in [2.05, 4.69) is 5.32 Å². The van der Waals surface area contributed by atoms with Crippen molar-refractivity contribution in [3.05, 3.63) is 88.9 Å². The SMILES string of the molecule is COCc1cccc(NC(=O)CN(c2ccccc2Cl)S(=O)(=O)c2ccc(C)cc2)c1.